The van der Waals surface area contributed by atoms with Crippen molar-refractivity contribution in [3.05, 3.63) is 140 Å². The van der Waals surface area contributed by atoms with E-state index < -0.39 is 43.5 Å². The highest BCUT2D eigenvalue weighted by Crippen LogP contribution is 2.42. The van der Waals surface area contributed by atoms with Gasteiger partial charge in [-0.3, -0.25) is 14.3 Å². The van der Waals surface area contributed by atoms with E-state index in [1.54, 1.807) is 6.92 Å². The summed E-state index contributed by atoms with van der Waals surface area (Å²) in [6.45, 7) is 1.55. The Labute approximate surface area is 225 Å². The second-order valence-electron chi connectivity index (χ2n) is 9.32. The van der Waals surface area contributed by atoms with Crippen LogP contribution in [-0.2, 0) is 24.2 Å². The molecule has 4 aromatic rings. The summed E-state index contributed by atoms with van der Waals surface area (Å²) in [5.41, 5.74) is 0.818. The average Bonchev–Trinajstić information content (AvgIpc) is 3.34. The normalized spacial score (nSPS) is 19.6. The van der Waals surface area contributed by atoms with E-state index >= 15 is 0 Å². The molecule has 5 rings (SSSR count). The fourth-order valence-electron chi connectivity index (χ4n) is 5.02. The topological polar surface area (TPSA) is 120 Å². The van der Waals surface area contributed by atoms with Crippen LogP contribution in [0.2, 0.25) is 0 Å². The lowest BCUT2D eigenvalue weighted by molar-refractivity contribution is -0.0917. The van der Waals surface area contributed by atoms with Gasteiger partial charge in [0.1, 0.15) is 24.0 Å². The first kappa shape index (κ1) is 26.9. The standard InChI is InChI=1S/C29H27N2O7P/c1-20-18-31(28(33)30-27(20)32)26-17-24(38-39(34)35)25(37-26)19-36-29(21-11-5-2-6-12-21,22-13-7-3-8-14-22)23-15-9-4-10-16-23/h2-16,18,24-26H,17,19H2,1H3,(H-,30,32,33,34,35)/p+1/t24-,25+,26+/m0/s1. The zero-order valence-electron chi connectivity index (χ0n) is 21.2. The van der Waals surface area contributed by atoms with Crippen LogP contribution >= 0.6 is 8.25 Å². The molecule has 9 nitrogen and oxygen atoms in total. The van der Waals surface area contributed by atoms with E-state index in [4.69, 9.17) is 14.0 Å². The van der Waals surface area contributed by atoms with Gasteiger partial charge in [0, 0.05) is 22.7 Å². The van der Waals surface area contributed by atoms with Gasteiger partial charge in [-0.15, -0.1) is 9.42 Å². The van der Waals surface area contributed by atoms with Crippen LogP contribution in [-0.4, -0.2) is 33.3 Å². The fourth-order valence-corrected chi connectivity index (χ4v) is 5.48. The molecule has 1 fully saturated rings. The predicted molar refractivity (Wildman–Crippen MR) is 144 cm³/mol. The fraction of sp³-hybridized carbons (Fsp3) is 0.241. The SMILES string of the molecule is Cc1cn([C@H]2C[C@H](O[P+](=O)O)[C@@H](COC(c3ccccc3)(c3ccccc3)c3ccccc3)O2)c(=O)[nH]c1=O. The maximum atomic E-state index is 12.5. The summed E-state index contributed by atoms with van der Waals surface area (Å²) in [7, 11) is -2.95. The Kier molecular flexibility index (Phi) is 7.97. The summed E-state index contributed by atoms with van der Waals surface area (Å²) in [6, 6.07) is 29.3. The first-order valence-electron chi connectivity index (χ1n) is 12.5. The van der Waals surface area contributed by atoms with Crippen LogP contribution in [0.5, 0.6) is 0 Å². The number of nitrogens with one attached hydrogen (secondary N) is 1. The van der Waals surface area contributed by atoms with Gasteiger partial charge in [-0.25, -0.2) is 4.79 Å². The number of ether oxygens (including phenoxy) is 2. The molecule has 2 N–H and O–H groups in total. The number of aryl methyl sites for hydroxylation is 1. The van der Waals surface area contributed by atoms with Gasteiger partial charge in [-0.2, -0.15) is 0 Å². The van der Waals surface area contributed by atoms with E-state index in [0.29, 0.717) is 5.56 Å². The molecule has 2 heterocycles. The Morgan fingerprint density at radius 1 is 0.949 bits per heavy atom. The van der Waals surface area contributed by atoms with Crippen LogP contribution in [0.25, 0.3) is 0 Å². The molecule has 4 atom stereocenters. The van der Waals surface area contributed by atoms with Crippen molar-refractivity contribution in [1.29, 1.82) is 0 Å². The molecule has 0 spiro atoms. The smallest absolute Gasteiger partial charge is 0.358 e. The third-order valence-electron chi connectivity index (χ3n) is 6.87. The number of hydrogen-bond acceptors (Lipinski definition) is 6. The Morgan fingerprint density at radius 2 is 1.46 bits per heavy atom. The molecular formula is C29H28N2O7P+. The van der Waals surface area contributed by atoms with Crippen molar-refractivity contribution < 1.29 is 23.5 Å². The molecule has 39 heavy (non-hydrogen) atoms. The van der Waals surface area contributed by atoms with Crippen LogP contribution in [0.15, 0.2) is 107 Å². The van der Waals surface area contributed by atoms with Crippen molar-refractivity contribution in [2.75, 3.05) is 6.61 Å². The van der Waals surface area contributed by atoms with Gasteiger partial charge in [0.25, 0.3) is 5.56 Å². The molecule has 0 radical (unpaired) electrons. The number of rotatable bonds is 9. The van der Waals surface area contributed by atoms with Gasteiger partial charge in [-0.1, -0.05) is 91.0 Å². The van der Waals surface area contributed by atoms with Crippen molar-refractivity contribution in [1.82, 2.24) is 9.55 Å². The molecule has 1 aliphatic heterocycles. The highest BCUT2D eigenvalue weighted by Gasteiger charge is 2.45. The summed E-state index contributed by atoms with van der Waals surface area (Å²) in [4.78, 5) is 36.2. The van der Waals surface area contributed by atoms with Gasteiger partial charge in [0.2, 0.25) is 0 Å². The summed E-state index contributed by atoms with van der Waals surface area (Å²) in [5.74, 6) is 0. The second kappa shape index (κ2) is 11.6. The van der Waals surface area contributed by atoms with Crippen LogP contribution in [0.1, 0.15) is 34.9 Å². The number of benzene rings is 3. The molecular weight excluding hydrogens is 519 g/mol. The lowest BCUT2D eigenvalue weighted by Gasteiger charge is -2.37. The summed E-state index contributed by atoms with van der Waals surface area (Å²) >= 11 is 0. The first-order chi connectivity index (χ1) is 18.9. The van der Waals surface area contributed by atoms with Crippen LogP contribution in [0.3, 0.4) is 0 Å². The molecule has 0 amide bonds. The Hall–Kier alpha value is -3.72. The first-order valence-corrected chi connectivity index (χ1v) is 13.6. The van der Waals surface area contributed by atoms with E-state index in [2.05, 4.69) is 4.98 Å². The number of nitrogens with zero attached hydrogens (tertiary/aromatic N) is 1. The second-order valence-corrected chi connectivity index (χ2v) is 10.0. The van der Waals surface area contributed by atoms with Gasteiger partial charge in [0.15, 0.2) is 0 Å². The molecule has 1 unspecified atom stereocenters. The number of aromatic amines is 1. The maximum absolute atomic E-state index is 12.5. The molecule has 0 bridgehead atoms. The van der Waals surface area contributed by atoms with E-state index in [1.165, 1.54) is 10.8 Å². The van der Waals surface area contributed by atoms with Gasteiger partial charge in [-0.05, 0) is 23.6 Å². The molecule has 200 valence electrons. The summed E-state index contributed by atoms with van der Waals surface area (Å²) < 4.78 is 31.3. The van der Waals surface area contributed by atoms with Crippen LogP contribution in [0, 0.1) is 6.92 Å². The molecule has 0 aliphatic carbocycles. The molecule has 3 aromatic carbocycles. The van der Waals surface area contributed by atoms with E-state index in [9.17, 15) is 19.0 Å². The number of H-pyrrole nitrogens is 1. The zero-order chi connectivity index (χ0) is 27.4. The largest absolute Gasteiger partial charge is 0.695 e. The molecule has 0 saturated carbocycles. The molecule has 1 saturated heterocycles. The Balaban J connectivity index is 1.54. The summed E-state index contributed by atoms with van der Waals surface area (Å²) in [6.07, 6.45) is -0.955. The van der Waals surface area contributed by atoms with E-state index in [-0.39, 0.29) is 13.0 Å². The van der Waals surface area contributed by atoms with Gasteiger partial charge in [0.05, 0.1) is 6.61 Å². The van der Waals surface area contributed by atoms with E-state index in [0.717, 1.165) is 16.7 Å². The van der Waals surface area contributed by atoms with Gasteiger partial charge >= 0.3 is 13.9 Å². The van der Waals surface area contributed by atoms with Gasteiger partial charge < -0.3 is 9.47 Å². The van der Waals surface area contributed by atoms with Crippen molar-refractivity contribution in [3.8, 4) is 0 Å². The minimum absolute atomic E-state index is 0.0277. The quantitative estimate of drug-likeness (QED) is 0.238. The van der Waals surface area contributed by atoms with E-state index in [1.807, 2.05) is 91.0 Å². The minimum Gasteiger partial charge on any atom is -0.358 e. The lowest BCUT2D eigenvalue weighted by atomic mass is 9.80. The monoisotopic (exact) mass is 547 g/mol. The molecule has 10 heteroatoms. The average molecular weight is 548 g/mol. The zero-order valence-corrected chi connectivity index (χ0v) is 22.1. The van der Waals surface area contributed by atoms with Crippen molar-refractivity contribution in [2.24, 2.45) is 0 Å². The third kappa shape index (κ3) is 5.54. The maximum Gasteiger partial charge on any atom is 0.695 e. The van der Waals surface area contributed by atoms with Crippen molar-refractivity contribution in [2.45, 2.75) is 37.4 Å². The minimum atomic E-state index is -2.95. The third-order valence-corrected chi connectivity index (χ3v) is 7.32. The lowest BCUT2D eigenvalue weighted by Crippen LogP contribution is -2.38. The van der Waals surface area contributed by atoms with Crippen molar-refractivity contribution in [3.63, 3.8) is 0 Å². The van der Waals surface area contributed by atoms with Crippen molar-refractivity contribution >= 4 is 8.25 Å². The number of aromatic nitrogens is 2. The molecule has 1 aromatic heterocycles. The highest BCUT2D eigenvalue weighted by atomic mass is 31.1. The number of hydrogen-bond donors (Lipinski definition) is 2. The summed E-state index contributed by atoms with van der Waals surface area (Å²) in [5, 5.41) is 0. The Bertz CT molecular complexity index is 1440. The predicted octanol–water partition coefficient (Wildman–Crippen LogP) is 4.18. The Morgan fingerprint density at radius 3 is 1.95 bits per heavy atom. The van der Waals surface area contributed by atoms with Crippen LogP contribution < -0.4 is 11.2 Å². The highest BCUT2D eigenvalue weighted by molar-refractivity contribution is 7.32. The van der Waals surface area contributed by atoms with Crippen LogP contribution in [0.4, 0.5) is 0 Å². The molecule has 1 aliphatic rings.